The summed E-state index contributed by atoms with van der Waals surface area (Å²) in [6.45, 7) is 0. The second kappa shape index (κ2) is 2.61. The highest BCUT2D eigenvalue weighted by Crippen LogP contribution is 2.44. The molecule has 2 aliphatic carbocycles. The lowest BCUT2D eigenvalue weighted by atomic mass is 9.91. The van der Waals surface area contributed by atoms with Crippen LogP contribution in [0.2, 0.25) is 0 Å². The lowest BCUT2D eigenvalue weighted by molar-refractivity contribution is -0.134. The predicted octanol–water partition coefficient (Wildman–Crippen LogP) is 1.43. The molecule has 1 fully saturated rings. The van der Waals surface area contributed by atoms with Crippen molar-refractivity contribution in [3.63, 3.8) is 0 Å². The van der Waals surface area contributed by atoms with E-state index in [2.05, 4.69) is 6.08 Å². The van der Waals surface area contributed by atoms with Crippen LogP contribution in [-0.4, -0.2) is 24.9 Å². The van der Waals surface area contributed by atoms with E-state index < -0.39 is 0 Å². The first-order chi connectivity index (χ1) is 5.68. The molecule has 66 valence electrons. The van der Waals surface area contributed by atoms with Crippen LogP contribution in [0, 0.1) is 11.8 Å². The zero-order valence-corrected chi connectivity index (χ0v) is 7.71. The fourth-order valence-corrected chi connectivity index (χ4v) is 2.36. The molecule has 2 unspecified atom stereocenters. The van der Waals surface area contributed by atoms with Gasteiger partial charge in [-0.1, -0.05) is 11.6 Å². The van der Waals surface area contributed by atoms with E-state index in [9.17, 15) is 4.79 Å². The highest BCUT2D eigenvalue weighted by molar-refractivity contribution is 5.79. The molecule has 2 atom stereocenters. The van der Waals surface area contributed by atoms with Crippen LogP contribution in [0.3, 0.4) is 0 Å². The third kappa shape index (κ3) is 1.06. The van der Waals surface area contributed by atoms with Crippen LogP contribution < -0.4 is 0 Å². The van der Waals surface area contributed by atoms with Gasteiger partial charge in [0.1, 0.15) is 0 Å². The second-order valence-corrected chi connectivity index (χ2v) is 4.11. The molecule has 0 aromatic carbocycles. The molecule has 1 amide bonds. The Bertz CT molecular complexity index is 242. The topological polar surface area (TPSA) is 20.3 Å². The number of nitrogens with zero attached hydrogens (tertiary/aromatic N) is 1. The van der Waals surface area contributed by atoms with E-state index in [4.69, 9.17) is 0 Å². The van der Waals surface area contributed by atoms with Crippen LogP contribution in [0.5, 0.6) is 0 Å². The number of carbonyl (C=O) groups excluding carboxylic acids is 1. The number of carbonyl (C=O) groups is 1. The lowest BCUT2D eigenvalue weighted by Gasteiger charge is -2.21. The average Bonchev–Trinajstić information content (AvgIpc) is 2.62. The van der Waals surface area contributed by atoms with Crippen molar-refractivity contribution < 1.29 is 4.79 Å². The summed E-state index contributed by atoms with van der Waals surface area (Å²) in [5.74, 6) is 1.26. The van der Waals surface area contributed by atoms with E-state index in [-0.39, 0.29) is 0 Å². The number of amides is 1. The Morgan fingerprint density at radius 2 is 2.25 bits per heavy atom. The molecule has 0 N–H and O–H groups in total. The fourth-order valence-electron chi connectivity index (χ4n) is 2.36. The number of fused-ring (bicyclic) bond motifs is 2. The van der Waals surface area contributed by atoms with Crippen LogP contribution >= 0.6 is 0 Å². The van der Waals surface area contributed by atoms with Gasteiger partial charge in [0.2, 0.25) is 5.91 Å². The van der Waals surface area contributed by atoms with Gasteiger partial charge in [-0.15, -0.1) is 0 Å². The quantitative estimate of drug-likeness (QED) is 0.538. The van der Waals surface area contributed by atoms with Crippen molar-refractivity contribution in [2.45, 2.75) is 19.3 Å². The Kier molecular flexibility index (Phi) is 1.71. The van der Waals surface area contributed by atoms with Crippen molar-refractivity contribution in [1.82, 2.24) is 4.90 Å². The van der Waals surface area contributed by atoms with Gasteiger partial charge in [0.05, 0.1) is 0 Å². The predicted molar refractivity (Wildman–Crippen MR) is 47.6 cm³/mol. The standard InChI is InChI=1S/C10H15NO/c1-11(2)10(12)9-6-7-3-4-8(9)5-7/h3,8-9H,4-6H2,1-2H3. The van der Waals surface area contributed by atoms with Crippen molar-refractivity contribution in [2.24, 2.45) is 11.8 Å². The minimum Gasteiger partial charge on any atom is -0.349 e. The van der Waals surface area contributed by atoms with E-state index in [0.717, 1.165) is 12.8 Å². The van der Waals surface area contributed by atoms with Gasteiger partial charge >= 0.3 is 0 Å². The van der Waals surface area contributed by atoms with Crippen molar-refractivity contribution in [3.8, 4) is 0 Å². The maximum absolute atomic E-state index is 11.6. The first kappa shape index (κ1) is 7.84. The largest absolute Gasteiger partial charge is 0.349 e. The van der Waals surface area contributed by atoms with Crippen molar-refractivity contribution in [2.75, 3.05) is 14.1 Å². The molecule has 0 saturated heterocycles. The van der Waals surface area contributed by atoms with Crippen LogP contribution in [0.25, 0.3) is 0 Å². The Morgan fingerprint density at radius 3 is 2.67 bits per heavy atom. The molecule has 2 aliphatic rings. The Morgan fingerprint density at radius 1 is 1.50 bits per heavy atom. The molecule has 12 heavy (non-hydrogen) atoms. The summed E-state index contributed by atoms with van der Waals surface area (Å²) in [5.41, 5.74) is 1.51. The minimum absolute atomic E-state index is 0.306. The highest BCUT2D eigenvalue weighted by Gasteiger charge is 2.38. The fraction of sp³-hybridized carbons (Fsp3) is 0.700. The van der Waals surface area contributed by atoms with E-state index in [1.165, 1.54) is 12.0 Å². The summed E-state index contributed by atoms with van der Waals surface area (Å²) in [7, 11) is 3.70. The molecule has 1 saturated carbocycles. The van der Waals surface area contributed by atoms with Crippen LogP contribution in [0.1, 0.15) is 19.3 Å². The number of hydrogen-bond donors (Lipinski definition) is 0. The van der Waals surface area contributed by atoms with Crippen molar-refractivity contribution in [1.29, 1.82) is 0 Å². The van der Waals surface area contributed by atoms with Gasteiger partial charge in [-0.2, -0.15) is 0 Å². The van der Waals surface area contributed by atoms with Gasteiger partial charge in [0.15, 0.2) is 0 Å². The first-order valence-corrected chi connectivity index (χ1v) is 4.57. The lowest BCUT2D eigenvalue weighted by Crippen LogP contribution is -2.31. The third-order valence-corrected chi connectivity index (χ3v) is 3.04. The smallest absolute Gasteiger partial charge is 0.225 e. The molecule has 0 heterocycles. The molecule has 0 aliphatic heterocycles. The molecule has 0 spiro atoms. The van der Waals surface area contributed by atoms with Gasteiger partial charge in [-0.25, -0.2) is 0 Å². The number of rotatable bonds is 1. The highest BCUT2D eigenvalue weighted by atomic mass is 16.2. The van der Waals surface area contributed by atoms with Crippen molar-refractivity contribution in [3.05, 3.63) is 11.6 Å². The molecule has 0 radical (unpaired) electrons. The molecule has 2 heteroatoms. The normalized spacial score (nSPS) is 32.0. The Hall–Kier alpha value is -0.790. The second-order valence-electron chi connectivity index (χ2n) is 4.11. The molecular formula is C10H15NO. The van der Waals surface area contributed by atoms with Gasteiger partial charge < -0.3 is 4.90 Å². The van der Waals surface area contributed by atoms with Crippen LogP contribution in [0.15, 0.2) is 11.6 Å². The summed E-state index contributed by atoms with van der Waals surface area (Å²) < 4.78 is 0. The summed E-state index contributed by atoms with van der Waals surface area (Å²) in [5, 5.41) is 0. The zero-order valence-electron chi connectivity index (χ0n) is 7.71. The third-order valence-electron chi connectivity index (χ3n) is 3.04. The summed E-state index contributed by atoms with van der Waals surface area (Å²) in [6, 6.07) is 0. The molecule has 2 rings (SSSR count). The summed E-state index contributed by atoms with van der Waals surface area (Å²) >= 11 is 0. The molecule has 2 bridgehead atoms. The maximum Gasteiger partial charge on any atom is 0.225 e. The summed E-state index contributed by atoms with van der Waals surface area (Å²) in [6.07, 6.45) is 5.66. The van der Waals surface area contributed by atoms with E-state index in [0.29, 0.717) is 17.7 Å². The van der Waals surface area contributed by atoms with E-state index in [1.54, 1.807) is 4.90 Å². The van der Waals surface area contributed by atoms with Gasteiger partial charge in [-0.3, -0.25) is 4.79 Å². The Labute approximate surface area is 73.2 Å². The van der Waals surface area contributed by atoms with Gasteiger partial charge in [-0.05, 0) is 25.2 Å². The Balaban J connectivity index is 2.08. The van der Waals surface area contributed by atoms with Crippen LogP contribution in [0.4, 0.5) is 0 Å². The zero-order chi connectivity index (χ0) is 8.72. The van der Waals surface area contributed by atoms with Gasteiger partial charge in [0, 0.05) is 20.0 Å². The van der Waals surface area contributed by atoms with Crippen LogP contribution in [-0.2, 0) is 4.79 Å². The number of hydrogen-bond acceptors (Lipinski definition) is 1. The minimum atomic E-state index is 0.306. The molecular weight excluding hydrogens is 150 g/mol. The molecule has 2 nitrogen and oxygen atoms in total. The SMILES string of the molecule is CN(C)C(=O)C1CC2=CCC1C2. The monoisotopic (exact) mass is 165 g/mol. The number of allylic oxidation sites excluding steroid dienone is 2. The first-order valence-electron chi connectivity index (χ1n) is 4.57. The van der Waals surface area contributed by atoms with E-state index in [1.807, 2.05) is 14.1 Å². The van der Waals surface area contributed by atoms with E-state index >= 15 is 0 Å². The molecule has 0 aromatic heterocycles. The molecule has 0 aromatic rings. The van der Waals surface area contributed by atoms with Gasteiger partial charge in [0.25, 0.3) is 0 Å². The van der Waals surface area contributed by atoms with Crippen molar-refractivity contribution >= 4 is 5.91 Å². The summed E-state index contributed by atoms with van der Waals surface area (Å²) in [4.78, 5) is 13.4. The maximum atomic E-state index is 11.6. The average molecular weight is 165 g/mol.